The first kappa shape index (κ1) is 45.8. The highest BCUT2D eigenvalue weighted by Gasteiger charge is 2.29. The van der Waals surface area contributed by atoms with Crippen LogP contribution in [0.15, 0.2) is 48.5 Å². The highest BCUT2D eigenvalue weighted by molar-refractivity contribution is 5.91. The van der Waals surface area contributed by atoms with Crippen molar-refractivity contribution in [1.82, 2.24) is 32.1 Å². The monoisotopic (exact) mass is 797 g/mol. The van der Waals surface area contributed by atoms with Gasteiger partial charge < -0.3 is 46.5 Å². The second-order valence-corrected chi connectivity index (χ2v) is 13.1. The summed E-state index contributed by atoms with van der Waals surface area (Å²) >= 11 is 0. The summed E-state index contributed by atoms with van der Waals surface area (Å²) in [7, 11) is 0. The molecule has 0 aliphatic heterocycles. The third-order valence-corrected chi connectivity index (χ3v) is 8.90. The molecule has 2 aromatic rings. The van der Waals surface area contributed by atoms with Crippen molar-refractivity contribution in [1.29, 1.82) is 0 Å². The van der Waals surface area contributed by atoms with Gasteiger partial charge in [-0.15, -0.1) is 0 Å². The fourth-order valence-corrected chi connectivity index (χ4v) is 6.00. The molecule has 0 saturated heterocycles. The SMILES string of the molecule is CCC(=O)NCCCC[C@H](NC(=O)C(CCCCNC(=O)CONC(=O)OCC1c2ccccc2-c2ccccc21)NC(=O)COCCOCCNC=O)C(N)=O. The minimum Gasteiger partial charge on any atom is -0.447 e. The third kappa shape index (κ3) is 17.0. The number of nitrogens with two attached hydrogens (primary N) is 1. The van der Waals surface area contributed by atoms with Crippen molar-refractivity contribution in [2.24, 2.45) is 5.73 Å². The van der Waals surface area contributed by atoms with Gasteiger partial charge in [0.2, 0.25) is 35.9 Å². The zero-order chi connectivity index (χ0) is 41.3. The molecular weight excluding hydrogens is 742 g/mol. The molecule has 1 aliphatic rings. The lowest BCUT2D eigenvalue weighted by Crippen LogP contribution is -2.53. The van der Waals surface area contributed by atoms with Gasteiger partial charge in [-0.2, -0.15) is 5.48 Å². The fourth-order valence-electron chi connectivity index (χ4n) is 6.00. The van der Waals surface area contributed by atoms with Crippen LogP contribution in [0.25, 0.3) is 11.1 Å². The van der Waals surface area contributed by atoms with Gasteiger partial charge in [0.1, 0.15) is 25.3 Å². The zero-order valence-corrected chi connectivity index (χ0v) is 32.3. The molecule has 0 radical (unpaired) electrons. The van der Waals surface area contributed by atoms with Crippen molar-refractivity contribution >= 4 is 42.0 Å². The molecule has 1 aliphatic carbocycles. The molecule has 1 unspecified atom stereocenters. The molecule has 7 amide bonds. The number of carbonyl (C=O) groups excluding carboxylic acids is 7. The summed E-state index contributed by atoms with van der Waals surface area (Å²) in [6.45, 7) is 2.52. The average Bonchev–Trinajstić information content (AvgIpc) is 3.52. The highest BCUT2D eigenvalue weighted by atomic mass is 16.7. The van der Waals surface area contributed by atoms with Crippen molar-refractivity contribution < 1.29 is 52.6 Å². The number of fused-ring (bicyclic) bond motifs is 3. The van der Waals surface area contributed by atoms with Gasteiger partial charge in [0.15, 0.2) is 6.61 Å². The first-order valence-electron chi connectivity index (χ1n) is 19.1. The summed E-state index contributed by atoms with van der Waals surface area (Å²) in [6, 6.07) is 13.8. The topological polar surface area (TPSA) is 255 Å². The van der Waals surface area contributed by atoms with Gasteiger partial charge >= 0.3 is 6.09 Å². The van der Waals surface area contributed by atoms with E-state index in [2.05, 4.69) is 32.1 Å². The standard InChI is InChI=1S/C39H55N7O11/c1-2-34(48)42-17-9-7-15-32(37(40)51)45-38(52)33(44-36(50)24-55-22-21-54-20-19-41-26-47)16-8-10-18-43-35(49)25-57-46-39(53)56-23-31-29-13-5-3-11-27(29)28-12-4-6-14-30(28)31/h3-6,11-14,26,31-33H,2,7-10,15-25H2,1H3,(H2,40,51)(H,41,47)(H,42,48)(H,43,49)(H,44,50)(H,45,52)(H,46,53)/t32-,33?/m0/s1. The lowest BCUT2D eigenvalue weighted by atomic mass is 9.98. The largest absolute Gasteiger partial charge is 0.447 e. The van der Waals surface area contributed by atoms with E-state index < -0.39 is 48.4 Å². The number of rotatable bonds is 29. The summed E-state index contributed by atoms with van der Waals surface area (Å²) in [4.78, 5) is 89.5. The van der Waals surface area contributed by atoms with Crippen LogP contribution < -0.4 is 37.8 Å². The quantitative estimate of drug-likeness (QED) is 0.0342. The van der Waals surface area contributed by atoms with Crippen LogP contribution in [0.2, 0.25) is 0 Å². The molecule has 0 heterocycles. The predicted molar refractivity (Wildman–Crippen MR) is 207 cm³/mol. The van der Waals surface area contributed by atoms with E-state index in [0.717, 1.165) is 22.3 Å². The normalized spacial score (nSPS) is 12.6. The molecule has 2 atom stereocenters. The van der Waals surface area contributed by atoms with E-state index >= 15 is 0 Å². The Bertz CT molecular complexity index is 1580. The number of carbonyl (C=O) groups is 7. The molecule has 0 saturated carbocycles. The number of hydrogen-bond donors (Lipinski definition) is 7. The Balaban J connectivity index is 1.39. The minimum atomic E-state index is -1.04. The molecule has 57 heavy (non-hydrogen) atoms. The van der Waals surface area contributed by atoms with Crippen molar-refractivity contribution in [2.45, 2.75) is 69.9 Å². The Labute approximate surface area is 332 Å². The van der Waals surface area contributed by atoms with Crippen molar-refractivity contribution in [3.63, 3.8) is 0 Å². The van der Waals surface area contributed by atoms with Crippen LogP contribution >= 0.6 is 0 Å². The second-order valence-electron chi connectivity index (χ2n) is 13.1. The number of amides is 7. The first-order chi connectivity index (χ1) is 27.6. The van der Waals surface area contributed by atoms with Crippen LogP contribution in [0.3, 0.4) is 0 Å². The van der Waals surface area contributed by atoms with Gasteiger partial charge in [0.25, 0.3) is 0 Å². The van der Waals surface area contributed by atoms with Gasteiger partial charge in [-0.1, -0.05) is 55.5 Å². The van der Waals surface area contributed by atoms with Crippen molar-refractivity contribution in [3.05, 3.63) is 59.7 Å². The molecule has 0 spiro atoms. The molecule has 8 N–H and O–H groups in total. The number of primary amides is 1. The van der Waals surface area contributed by atoms with E-state index in [4.69, 9.17) is 24.8 Å². The van der Waals surface area contributed by atoms with Crippen LogP contribution in [0.5, 0.6) is 0 Å². The lowest BCUT2D eigenvalue weighted by Gasteiger charge is -2.22. The molecular formula is C39H55N7O11. The summed E-state index contributed by atoms with van der Waals surface area (Å²) in [5.41, 5.74) is 12.0. The van der Waals surface area contributed by atoms with Gasteiger partial charge in [-0.25, -0.2) is 4.79 Å². The van der Waals surface area contributed by atoms with Crippen molar-refractivity contribution in [2.75, 3.05) is 59.3 Å². The van der Waals surface area contributed by atoms with E-state index in [-0.39, 0.29) is 64.2 Å². The number of hydroxylamine groups is 1. The maximum atomic E-state index is 13.3. The maximum absolute atomic E-state index is 13.3. The van der Waals surface area contributed by atoms with E-state index in [0.29, 0.717) is 51.6 Å². The van der Waals surface area contributed by atoms with Crippen LogP contribution in [0.4, 0.5) is 4.79 Å². The second kappa shape index (κ2) is 26.3. The van der Waals surface area contributed by atoms with Crippen LogP contribution in [-0.2, 0) is 47.8 Å². The number of unbranched alkanes of at least 4 members (excludes halogenated alkanes) is 2. The maximum Gasteiger partial charge on any atom is 0.431 e. The summed E-state index contributed by atoms with van der Waals surface area (Å²) in [5, 5.41) is 13.1. The van der Waals surface area contributed by atoms with Crippen LogP contribution in [0.1, 0.15) is 68.9 Å². The lowest BCUT2D eigenvalue weighted by molar-refractivity contribution is -0.133. The average molecular weight is 798 g/mol. The van der Waals surface area contributed by atoms with E-state index in [1.54, 1.807) is 6.92 Å². The number of benzene rings is 2. The predicted octanol–water partition coefficient (Wildman–Crippen LogP) is 0.674. The molecule has 0 aromatic heterocycles. The molecule has 18 heteroatoms. The zero-order valence-electron chi connectivity index (χ0n) is 32.3. The third-order valence-electron chi connectivity index (χ3n) is 8.90. The molecule has 0 fully saturated rings. The number of hydrogen-bond acceptors (Lipinski definition) is 11. The molecule has 3 rings (SSSR count). The van der Waals surface area contributed by atoms with E-state index in [9.17, 15) is 33.6 Å². The smallest absolute Gasteiger partial charge is 0.431 e. The van der Waals surface area contributed by atoms with Crippen LogP contribution in [-0.4, -0.2) is 113 Å². The molecule has 2 aromatic carbocycles. The minimum absolute atomic E-state index is 0.0857. The molecule has 312 valence electrons. The van der Waals surface area contributed by atoms with Crippen LogP contribution in [0, 0.1) is 0 Å². The Kier molecular flexibility index (Phi) is 21.1. The highest BCUT2D eigenvalue weighted by Crippen LogP contribution is 2.44. The Morgan fingerprint density at radius 2 is 1.33 bits per heavy atom. The van der Waals surface area contributed by atoms with Gasteiger partial charge in [-0.05, 0) is 60.8 Å². The van der Waals surface area contributed by atoms with Gasteiger partial charge in [0, 0.05) is 32.0 Å². The van der Waals surface area contributed by atoms with E-state index in [1.165, 1.54) is 0 Å². The summed E-state index contributed by atoms with van der Waals surface area (Å²) in [6.07, 6.45) is 2.35. The van der Waals surface area contributed by atoms with Gasteiger partial charge in [0.05, 0.1) is 19.8 Å². The number of ether oxygens (including phenoxy) is 3. The fraction of sp³-hybridized carbons (Fsp3) is 0.513. The summed E-state index contributed by atoms with van der Waals surface area (Å²) in [5.74, 6) is -2.65. The summed E-state index contributed by atoms with van der Waals surface area (Å²) < 4.78 is 16.0. The number of nitrogens with one attached hydrogen (secondary N) is 6. The molecule has 0 bridgehead atoms. The Morgan fingerprint density at radius 3 is 1.96 bits per heavy atom. The molecule has 18 nitrogen and oxygen atoms in total. The van der Waals surface area contributed by atoms with E-state index in [1.807, 2.05) is 48.5 Å². The van der Waals surface area contributed by atoms with Gasteiger partial charge in [-0.3, -0.25) is 33.6 Å². The first-order valence-corrected chi connectivity index (χ1v) is 19.1. The van der Waals surface area contributed by atoms with Crippen molar-refractivity contribution in [3.8, 4) is 11.1 Å². The Morgan fingerprint density at radius 1 is 0.719 bits per heavy atom. The Hall–Kier alpha value is -5.59.